The van der Waals surface area contributed by atoms with Crippen molar-refractivity contribution in [1.29, 1.82) is 0 Å². The van der Waals surface area contributed by atoms with E-state index in [1.54, 1.807) is 0 Å². The topological polar surface area (TPSA) is 0 Å². The fourth-order valence-corrected chi connectivity index (χ4v) is 2.68. The molecule has 0 aliphatic carbocycles. The number of allylic oxidation sites excluding steroid dienone is 1. The molecule has 0 bridgehead atoms. The first kappa shape index (κ1) is 6.12. The Morgan fingerprint density at radius 2 is 2.20 bits per heavy atom. The van der Waals surface area contributed by atoms with Crippen molar-refractivity contribution >= 4 is 19.4 Å². The third-order valence-corrected chi connectivity index (χ3v) is 3.57. The first-order chi connectivity index (χ1) is 4.97. The van der Waals surface area contributed by atoms with Gasteiger partial charge in [0.05, 0.1) is 0 Å². The third-order valence-electron chi connectivity index (χ3n) is 1.47. The van der Waals surface area contributed by atoms with Crippen LogP contribution in [0.2, 0.25) is 5.32 Å². The summed E-state index contributed by atoms with van der Waals surface area (Å²) in [6.07, 6.45) is 5.39. The molecule has 48 valence electrons. The van der Waals surface area contributed by atoms with Gasteiger partial charge in [-0.3, -0.25) is 0 Å². The van der Waals surface area contributed by atoms with E-state index in [9.17, 15) is 0 Å². The Morgan fingerprint density at radius 3 is 3.10 bits per heavy atom. The molecule has 1 aromatic rings. The van der Waals surface area contributed by atoms with E-state index < -0.39 is 0 Å². The van der Waals surface area contributed by atoms with Crippen LogP contribution in [0.25, 0.3) is 0 Å². The molecule has 0 nitrogen and oxygen atoms in total. The molecule has 0 amide bonds. The van der Waals surface area contributed by atoms with Gasteiger partial charge in [0.15, 0.2) is 0 Å². The molecule has 1 aliphatic rings. The van der Waals surface area contributed by atoms with Gasteiger partial charge < -0.3 is 0 Å². The second-order valence-corrected chi connectivity index (χ2v) is 4.38. The summed E-state index contributed by atoms with van der Waals surface area (Å²) < 4.78 is 1.50. The van der Waals surface area contributed by atoms with Crippen LogP contribution in [0.15, 0.2) is 30.3 Å². The van der Waals surface area contributed by atoms with Crippen molar-refractivity contribution in [1.82, 2.24) is 0 Å². The monoisotopic (exact) mass is 195 g/mol. The van der Waals surface area contributed by atoms with Crippen LogP contribution >= 0.6 is 0 Å². The van der Waals surface area contributed by atoms with E-state index in [2.05, 4.69) is 36.4 Å². The zero-order valence-corrected chi connectivity index (χ0v) is 7.22. The van der Waals surface area contributed by atoms with Crippen LogP contribution in [0.5, 0.6) is 0 Å². The summed E-state index contributed by atoms with van der Waals surface area (Å²) in [5.41, 5.74) is 1.30. The normalized spacial score (nSPS) is 14.0. The zero-order valence-electron chi connectivity index (χ0n) is 5.50. The van der Waals surface area contributed by atoms with Crippen LogP contribution in [0, 0.1) is 6.08 Å². The minimum atomic E-state index is 0.668. The Labute approximate surface area is 67.1 Å². The molecule has 0 saturated carbocycles. The SMILES string of the molecule is [C+]1=CC[Se]c2ccccc21. The van der Waals surface area contributed by atoms with Gasteiger partial charge >= 0.3 is 66.7 Å². The fourth-order valence-electron chi connectivity index (χ4n) is 0.995. The Balaban J connectivity index is 2.54. The number of rotatable bonds is 0. The van der Waals surface area contributed by atoms with Crippen LogP contribution in [0.1, 0.15) is 5.56 Å². The van der Waals surface area contributed by atoms with Gasteiger partial charge in [-0.25, -0.2) is 0 Å². The minimum absolute atomic E-state index is 0.668. The first-order valence-corrected chi connectivity index (χ1v) is 5.33. The Morgan fingerprint density at radius 1 is 1.30 bits per heavy atom. The predicted molar refractivity (Wildman–Crippen MR) is 43.6 cm³/mol. The Bertz CT molecular complexity index is 263. The quantitative estimate of drug-likeness (QED) is 0.429. The van der Waals surface area contributed by atoms with Crippen molar-refractivity contribution in [2.45, 2.75) is 5.32 Å². The number of benzene rings is 1. The molecule has 0 aromatic heterocycles. The zero-order chi connectivity index (χ0) is 6.81. The van der Waals surface area contributed by atoms with E-state index in [0.717, 1.165) is 0 Å². The molecule has 0 N–H and O–H groups in total. The molecule has 10 heavy (non-hydrogen) atoms. The predicted octanol–water partition coefficient (Wildman–Crippen LogP) is 1.16. The summed E-state index contributed by atoms with van der Waals surface area (Å²) in [7, 11) is 0. The fraction of sp³-hybridized carbons (Fsp3) is 0.111. The molecule has 1 aliphatic heterocycles. The van der Waals surface area contributed by atoms with Crippen molar-refractivity contribution < 1.29 is 0 Å². The van der Waals surface area contributed by atoms with Crippen LogP contribution in [0.4, 0.5) is 0 Å². The molecule has 1 heterocycles. The third kappa shape index (κ3) is 0.998. The summed E-state index contributed by atoms with van der Waals surface area (Å²) in [6, 6.07) is 8.51. The van der Waals surface area contributed by atoms with Crippen LogP contribution in [-0.4, -0.2) is 15.0 Å². The summed E-state index contributed by atoms with van der Waals surface area (Å²) in [6.45, 7) is 0. The molecule has 0 radical (unpaired) electrons. The van der Waals surface area contributed by atoms with E-state index in [4.69, 9.17) is 0 Å². The number of fused-ring (bicyclic) bond motifs is 1. The molecule has 0 unspecified atom stereocenters. The molecular weight excluding hydrogens is 187 g/mol. The molecule has 2 rings (SSSR count). The van der Waals surface area contributed by atoms with Crippen LogP contribution < -0.4 is 4.46 Å². The average Bonchev–Trinajstić information content (AvgIpc) is 2.05. The van der Waals surface area contributed by atoms with E-state index >= 15 is 0 Å². The maximum atomic E-state index is 3.25. The molecular formula is C9H7Se+. The van der Waals surface area contributed by atoms with Gasteiger partial charge in [0.1, 0.15) is 0 Å². The van der Waals surface area contributed by atoms with E-state index in [0.29, 0.717) is 15.0 Å². The van der Waals surface area contributed by atoms with Gasteiger partial charge in [-0.1, -0.05) is 0 Å². The van der Waals surface area contributed by atoms with Gasteiger partial charge in [0, 0.05) is 0 Å². The Kier molecular flexibility index (Phi) is 1.56. The van der Waals surface area contributed by atoms with Gasteiger partial charge in [-0.2, -0.15) is 0 Å². The summed E-state index contributed by atoms with van der Waals surface area (Å²) >= 11 is 0.668. The van der Waals surface area contributed by atoms with E-state index in [-0.39, 0.29) is 0 Å². The average molecular weight is 194 g/mol. The molecule has 0 atom stereocenters. The van der Waals surface area contributed by atoms with Crippen LogP contribution in [-0.2, 0) is 0 Å². The summed E-state index contributed by atoms with van der Waals surface area (Å²) in [4.78, 5) is 0. The standard InChI is InChI=1S/C9H7Se/c1-2-6-9-8(4-1)5-3-7-10-9/h1-4,6H,7H2/q+1. The molecule has 0 fully saturated rings. The second kappa shape index (κ2) is 2.56. The second-order valence-electron chi connectivity index (χ2n) is 2.16. The summed E-state index contributed by atoms with van der Waals surface area (Å²) in [5.74, 6) is 0. The van der Waals surface area contributed by atoms with E-state index in [1.165, 1.54) is 15.3 Å². The molecule has 0 saturated heterocycles. The number of hydrogen-bond donors (Lipinski definition) is 0. The Hall–Kier alpha value is -0.611. The van der Waals surface area contributed by atoms with Gasteiger partial charge in [0.25, 0.3) is 0 Å². The molecule has 0 spiro atoms. The van der Waals surface area contributed by atoms with Crippen LogP contribution in [0.3, 0.4) is 0 Å². The van der Waals surface area contributed by atoms with E-state index in [1.807, 2.05) is 0 Å². The van der Waals surface area contributed by atoms with Crippen molar-refractivity contribution in [2.24, 2.45) is 0 Å². The van der Waals surface area contributed by atoms with Crippen molar-refractivity contribution in [2.75, 3.05) is 0 Å². The van der Waals surface area contributed by atoms with Gasteiger partial charge in [0.2, 0.25) is 0 Å². The van der Waals surface area contributed by atoms with Crippen molar-refractivity contribution in [3.05, 3.63) is 42.0 Å². The van der Waals surface area contributed by atoms with Gasteiger partial charge in [-0.15, -0.1) is 0 Å². The molecule has 1 aromatic carbocycles. The summed E-state index contributed by atoms with van der Waals surface area (Å²) in [5, 5.41) is 1.21. The van der Waals surface area contributed by atoms with Gasteiger partial charge in [-0.05, 0) is 0 Å². The molecule has 1 heteroatoms. The maximum absolute atomic E-state index is 3.25. The van der Waals surface area contributed by atoms with Crippen molar-refractivity contribution in [3.8, 4) is 0 Å². The number of hydrogen-bond acceptors (Lipinski definition) is 0. The van der Waals surface area contributed by atoms with Crippen molar-refractivity contribution in [3.63, 3.8) is 0 Å². The first-order valence-electron chi connectivity index (χ1n) is 3.27.